The van der Waals surface area contributed by atoms with Gasteiger partial charge < -0.3 is 19.3 Å². The number of phenols is 1. The number of nitrogens with zero attached hydrogens (tertiary/aromatic N) is 1. The Morgan fingerprint density at radius 2 is 2.04 bits per heavy atom. The molecule has 0 unspecified atom stereocenters. The Kier molecular flexibility index (Phi) is 4.95. The van der Waals surface area contributed by atoms with E-state index in [4.69, 9.17) is 25.8 Å². The number of aromatic hydroxyl groups is 1. The zero-order valence-corrected chi connectivity index (χ0v) is 14.0. The van der Waals surface area contributed by atoms with Gasteiger partial charge in [0.2, 0.25) is 0 Å². The third-order valence-electron chi connectivity index (χ3n) is 3.45. The number of benzene rings is 2. The molecule has 2 aromatic carbocycles. The number of carbonyl (C=O) groups excluding carboxylic acids is 1. The van der Waals surface area contributed by atoms with Crippen LogP contribution in [-0.4, -0.2) is 37.6 Å². The molecule has 7 nitrogen and oxygen atoms in total. The van der Waals surface area contributed by atoms with Crippen molar-refractivity contribution in [1.82, 2.24) is 5.43 Å². The Morgan fingerprint density at radius 1 is 1.28 bits per heavy atom. The first kappa shape index (κ1) is 16.9. The standard InChI is InChI=1S/C17H15ClN2O5/c1-23-15-7-10(6-12(18)16(15)21)9-19-20-17(22)11-2-3-13-14(8-11)25-5-4-24-13/h2-3,6-9,21H,4-5H2,1H3,(H,20,22). The van der Waals surface area contributed by atoms with Crippen molar-refractivity contribution >= 4 is 23.7 Å². The van der Waals surface area contributed by atoms with Crippen LogP contribution in [0.25, 0.3) is 0 Å². The summed E-state index contributed by atoms with van der Waals surface area (Å²) in [5.41, 5.74) is 3.36. The minimum absolute atomic E-state index is 0.124. The van der Waals surface area contributed by atoms with Crippen molar-refractivity contribution in [2.75, 3.05) is 20.3 Å². The first-order valence-electron chi connectivity index (χ1n) is 7.38. The molecular weight excluding hydrogens is 348 g/mol. The Morgan fingerprint density at radius 3 is 2.80 bits per heavy atom. The Labute approximate surface area is 148 Å². The second-order valence-electron chi connectivity index (χ2n) is 5.11. The minimum atomic E-state index is -0.398. The van der Waals surface area contributed by atoms with Crippen LogP contribution >= 0.6 is 11.6 Å². The number of rotatable bonds is 4. The molecule has 1 aliphatic heterocycles. The maximum atomic E-state index is 12.2. The smallest absolute Gasteiger partial charge is 0.271 e. The molecule has 2 N–H and O–H groups in total. The van der Waals surface area contributed by atoms with Gasteiger partial charge in [-0.2, -0.15) is 5.10 Å². The number of hydrazone groups is 1. The van der Waals surface area contributed by atoms with Crippen molar-refractivity contribution < 1.29 is 24.1 Å². The first-order valence-corrected chi connectivity index (χ1v) is 7.76. The van der Waals surface area contributed by atoms with E-state index in [1.165, 1.54) is 19.4 Å². The molecule has 1 heterocycles. The fraction of sp³-hybridized carbons (Fsp3) is 0.176. The first-order chi connectivity index (χ1) is 12.1. The number of amides is 1. The highest BCUT2D eigenvalue weighted by Gasteiger charge is 2.14. The van der Waals surface area contributed by atoms with Crippen molar-refractivity contribution in [3.8, 4) is 23.0 Å². The van der Waals surface area contributed by atoms with Crippen molar-refractivity contribution in [2.45, 2.75) is 0 Å². The summed E-state index contributed by atoms with van der Waals surface area (Å²) < 4.78 is 15.9. The van der Waals surface area contributed by atoms with Crippen LogP contribution in [0.1, 0.15) is 15.9 Å². The van der Waals surface area contributed by atoms with Crippen LogP contribution in [0.5, 0.6) is 23.0 Å². The molecule has 130 valence electrons. The van der Waals surface area contributed by atoms with Gasteiger partial charge in [-0.25, -0.2) is 5.43 Å². The molecule has 0 atom stereocenters. The second-order valence-corrected chi connectivity index (χ2v) is 5.52. The van der Waals surface area contributed by atoms with E-state index < -0.39 is 5.91 Å². The molecule has 0 radical (unpaired) electrons. The molecule has 25 heavy (non-hydrogen) atoms. The molecule has 0 fully saturated rings. The maximum Gasteiger partial charge on any atom is 0.271 e. The summed E-state index contributed by atoms with van der Waals surface area (Å²) in [6, 6.07) is 7.94. The van der Waals surface area contributed by atoms with E-state index >= 15 is 0 Å². The largest absolute Gasteiger partial charge is 0.503 e. The molecule has 0 saturated heterocycles. The van der Waals surface area contributed by atoms with E-state index in [-0.39, 0.29) is 16.5 Å². The van der Waals surface area contributed by atoms with Gasteiger partial charge in [-0.05, 0) is 35.9 Å². The van der Waals surface area contributed by atoms with Crippen LogP contribution < -0.4 is 19.6 Å². The Hall–Kier alpha value is -2.93. The highest BCUT2D eigenvalue weighted by atomic mass is 35.5. The van der Waals surface area contributed by atoms with Crippen LogP contribution in [-0.2, 0) is 0 Å². The van der Waals surface area contributed by atoms with Crippen LogP contribution in [0.4, 0.5) is 0 Å². The lowest BCUT2D eigenvalue weighted by molar-refractivity contribution is 0.0954. The quantitative estimate of drug-likeness (QED) is 0.644. The maximum absolute atomic E-state index is 12.2. The number of methoxy groups -OCH3 is 1. The van der Waals surface area contributed by atoms with E-state index in [2.05, 4.69) is 10.5 Å². The molecule has 0 aliphatic carbocycles. The summed E-state index contributed by atoms with van der Waals surface area (Å²) in [6.45, 7) is 0.932. The predicted octanol–water partition coefficient (Wildman–Crippen LogP) is 2.59. The highest BCUT2D eigenvalue weighted by Crippen LogP contribution is 2.34. The number of ether oxygens (including phenoxy) is 3. The normalized spacial score (nSPS) is 12.9. The van der Waals surface area contributed by atoms with Crippen molar-refractivity contribution in [1.29, 1.82) is 0 Å². The zero-order valence-electron chi connectivity index (χ0n) is 13.3. The van der Waals surface area contributed by atoms with E-state index in [0.717, 1.165) is 0 Å². The summed E-state index contributed by atoms with van der Waals surface area (Å²) >= 11 is 5.90. The lowest BCUT2D eigenvalue weighted by atomic mass is 10.2. The summed E-state index contributed by atoms with van der Waals surface area (Å²) in [7, 11) is 1.41. The van der Waals surface area contributed by atoms with Gasteiger partial charge in [-0.1, -0.05) is 11.6 Å². The zero-order chi connectivity index (χ0) is 17.8. The van der Waals surface area contributed by atoms with Crippen LogP contribution in [0, 0.1) is 0 Å². The number of nitrogens with one attached hydrogen (secondary N) is 1. The van der Waals surface area contributed by atoms with E-state index in [1.54, 1.807) is 24.3 Å². The molecule has 0 aromatic heterocycles. The van der Waals surface area contributed by atoms with Crippen LogP contribution in [0.3, 0.4) is 0 Å². The fourth-order valence-corrected chi connectivity index (χ4v) is 2.46. The molecule has 0 spiro atoms. The molecular formula is C17H15ClN2O5. The SMILES string of the molecule is COc1cc(C=NNC(=O)c2ccc3c(c2)OCCO3)cc(Cl)c1O. The van der Waals surface area contributed by atoms with Crippen molar-refractivity contribution in [3.05, 3.63) is 46.5 Å². The fourth-order valence-electron chi connectivity index (χ4n) is 2.24. The number of fused-ring (bicyclic) bond motifs is 1. The Balaban J connectivity index is 1.70. The molecule has 3 rings (SSSR count). The predicted molar refractivity (Wildman–Crippen MR) is 92.2 cm³/mol. The molecule has 8 heteroatoms. The van der Waals surface area contributed by atoms with Gasteiger partial charge in [-0.15, -0.1) is 0 Å². The van der Waals surface area contributed by atoms with Gasteiger partial charge >= 0.3 is 0 Å². The second kappa shape index (κ2) is 7.31. The van der Waals surface area contributed by atoms with Gasteiger partial charge in [0.25, 0.3) is 5.91 Å². The van der Waals surface area contributed by atoms with E-state index in [9.17, 15) is 9.90 Å². The monoisotopic (exact) mass is 362 g/mol. The van der Waals surface area contributed by atoms with E-state index in [1.807, 2.05) is 0 Å². The molecule has 0 bridgehead atoms. The summed E-state index contributed by atoms with van der Waals surface area (Å²) in [4.78, 5) is 12.2. The average molecular weight is 363 g/mol. The Bertz CT molecular complexity index is 838. The van der Waals surface area contributed by atoms with Crippen molar-refractivity contribution in [3.63, 3.8) is 0 Å². The topological polar surface area (TPSA) is 89.4 Å². The third kappa shape index (κ3) is 3.77. The number of hydrogen-bond acceptors (Lipinski definition) is 6. The molecule has 1 aliphatic rings. The number of halogens is 1. The van der Waals surface area contributed by atoms with Gasteiger partial charge in [-0.3, -0.25) is 4.79 Å². The molecule has 2 aromatic rings. The van der Waals surface area contributed by atoms with Gasteiger partial charge in [0, 0.05) is 5.56 Å². The van der Waals surface area contributed by atoms with Gasteiger partial charge in [0.05, 0.1) is 18.3 Å². The number of hydrogen-bond donors (Lipinski definition) is 2. The van der Waals surface area contributed by atoms with E-state index in [0.29, 0.717) is 35.8 Å². The van der Waals surface area contributed by atoms with Crippen molar-refractivity contribution in [2.24, 2.45) is 5.10 Å². The molecule has 0 saturated carbocycles. The molecule has 1 amide bonds. The van der Waals surface area contributed by atoms with Gasteiger partial charge in [0.15, 0.2) is 23.0 Å². The van der Waals surface area contributed by atoms with Crippen LogP contribution in [0.15, 0.2) is 35.4 Å². The highest BCUT2D eigenvalue weighted by molar-refractivity contribution is 6.32. The number of phenolic OH excluding ortho intramolecular Hbond substituents is 1. The number of carbonyl (C=O) groups is 1. The lowest BCUT2D eigenvalue weighted by Gasteiger charge is -2.18. The minimum Gasteiger partial charge on any atom is -0.503 e. The average Bonchev–Trinajstić information content (AvgIpc) is 2.63. The summed E-state index contributed by atoms with van der Waals surface area (Å²) in [5.74, 6) is 0.800. The lowest BCUT2D eigenvalue weighted by Crippen LogP contribution is -2.19. The van der Waals surface area contributed by atoms with Gasteiger partial charge in [0.1, 0.15) is 13.2 Å². The summed E-state index contributed by atoms with van der Waals surface area (Å²) in [5, 5.41) is 13.7. The van der Waals surface area contributed by atoms with Crippen LogP contribution in [0.2, 0.25) is 5.02 Å². The summed E-state index contributed by atoms with van der Waals surface area (Å²) in [6.07, 6.45) is 1.39. The third-order valence-corrected chi connectivity index (χ3v) is 3.74.